The van der Waals surface area contributed by atoms with Crippen LogP contribution in [0.2, 0.25) is 0 Å². The number of piperidine rings is 1. The molecule has 1 aliphatic rings. The van der Waals surface area contributed by atoms with Gasteiger partial charge in [-0.3, -0.25) is 5.41 Å². The third kappa shape index (κ3) is 3.43. The summed E-state index contributed by atoms with van der Waals surface area (Å²) in [6.45, 7) is 4.39. The van der Waals surface area contributed by atoms with Crippen molar-refractivity contribution in [3.05, 3.63) is 0 Å². The SMILES string of the molecule is CC(C)NS(=O)(=O)N1CCCC(C(=N)N)C1. The Balaban J connectivity index is 2.70. The van der Waals surface area contributed by atoms with E-state index in [4.69, 9.17) is 11.1 Å². The molecule has 0 saturated carbocycles. The molecule has 6 nitrogen and oxygen atoms in total. The standard InChI is InChI=1S/C9H20N4O2S/c1-7(2)12-16(14,15)13-5-3-4-8(6-13)9(10)11/h7-8,12H,3-6H2,1-2H3,(H3,10,11). The van der Waals surface area contributed by atoms with Crippen molar-refractivity contribution >= 4 is 16.0 Å². The van der Waals surface area contributed by atoms with Crippen LogP contribution in [0, 0.1) is 11.3 Å². The maximum absolute atomic E-state index is 11.9. The number of hydrogen-bond donors (Lipinski definition) is 3. The van der Waals surface area contributed by atoms with Crippen molar-refractivity contribution < 1.29 is 8.42 Å². The van der Waals surface area contributed by atoms with Crippen molar-refractivity contribution in [2.24, 2.45) is 11.7 Å². The quantitative estimate of drug-likeness (QED) is 0.477. The van der Waals surface area contributed by atoms with E-state index in [2.05, 4.69) is 4.72 Å². The summed E-state index contributed by atoms with van der Waals surface area (Å²) < 4.78 is 27.6. The minimum Gasteiger partial charge on any atom is -0.387 e. The monoisotopic (exact) mass is 248 g/mol. The summed E-state index contributed by atoms with van der Waals surface area (Å²) in [7, 11) is -3.42. The largest absolute Gasteiger partial charge is 0.387 e. The summed E-state index contributed by atoms with van der Waals surface area (Å²) in [6.07, 6.45) is 1.55. The molecule has 0 aromatic carbocycles. The van der Waals surface area contributed by atoms with Crippen LogP contribution in [0.4, 0.5) is 0 Å². The highest BCUT2D eigenvalue weighted by Crippen LogP contribution is 2.18. The van der Waals surface area contributed by atoms with Gasteiger partial charge in [0.1, 0.15) is 0 Å². The third-order valence-corrected chi connectivity index (χ3v) is 4.33. The molecule has 0 spiro atoms. The number of nitrogens with two attached hydrogens (primary N) is 1. The van der Waals surface area contributed by atoms with Crippen LogP contribution in [0.15, 0.2) is 0 Å². The lowest BCUT2D eigenvalue weighted by Crippen LogP contribution is -2.49. The Morgan fingerprint density at radius 3 is 2.69 bits per heavy atom. The maximum Gasteiger partial charge on any atom is 0.279 e. The van der Waals surface area contributed by atoms with Crippen LogP contribution in [-0.4, -0.2) is 37.7 Å². The van der Waals surface area contributed by atoms with Crippen molar-refractivity contribution in [3.8, 4) is 0 Å². The molecule has 1 saturated heterocycles. The molecule has 0 aromatic rings. The number of nitrogens with one attached hydrogen (secondary N) is 2. The van der Waals surface area contributed by atoms with Gasteiger partial charge in [0.25, 0.3) is 10.2 Å². The van der Waals surface area contributed by atoms with Gasteiger partial charge in [-0.15, -0.1) is 0 Å². The summed E-state index contributed by atoms with van der Waals surface area (Å²) in [5, 5.41) is 7.36. The normalized spacial score (nSPS) is 23.6. The molecule has 0 aromatic heterocycles. The van der Waals surface area contributed by atoms with Crippen LogP contribution in [0.1, 0.15) is 26.7 Å². The highest BCUT2D eigenvalue weighted by molar-refractivity contribution is 7.87. The van der Waals surface area contributed by atoms with Gasteiger partial charge in [-0.2, -0.15) is 17.4 Å². The fraction of sp³-hybridized carbons (Fsp3) is 0.889. The minimum absolute atomic E-state index is 0.0736. The molecule has 7 heteroatoms. The predicted molar refractivity (Wildman–Crippen MR) is 63.4 cm³/mol. The Morgan fingerprint density at radius 2 is 2.19 bits per heavy atom. The lowest BCUT2D eigenvalue weighted by molar-refractivity contribution is 0.305. The van der Waals surface area contributed by atoms with Gasteiger partial charge in [-0.25, -0.2) is 0 Å². The number of amidine groups is 1. The molecular formula is C9H20N4O2S. The van der Waals surface area contributed by atoms with E-state index in [-0.39, 0.29) is 17.8 Å². The smallest absolute Gasteiger partial charge is 0.279 e. The molecule has 1 unspecified atom stereocenters. The van der Waals surface area contributed by atoms with Gasteiger partial charge in [-0.1, -0.05) is 0 Å². The summed E-state index contributed by atoms with van der Waals surface area (Å²) in [6, 6.07) is -0.122. The second kappa shape index (κ2) is 5.11. The van der Waals surface area contributed by atoms with Crippen molar-refractivity contribution in [1.82, 2.24) is 9.03 Å². The predicted octanol–water partition coefficient (Wildman–Crippen LogP) is -0.123. The molecule has 0 aliphatic carbocycles. The van der Waals surface area contributed by atoms with Crippen LogP contribution < -0.4 is 10.5 Å². The van der Waals surface area contributed by atoms with Gasteiger partial charge in [0.2, 0.25) is 0 Å². The molecule has 1 heterocycles. The van der Waals surface area contributed by atoms with Crippen molar-refractivity contribution in [1.29, 1.82) is 5.41 Å². The zero-order chi connectivity index (χ0) is 12.3. The molecule has 1 atom stereocenters. The maximum atomic E-state index is 11.9. The Morgan fingerprint density at radius 1 is 1.56 bits per heavy atom. The van der Waals surface area contributed by atoms with E-state index in [0.29, 0.717) is 13.1 Å². The van der Waals surface area contributed by atoms with Crippen LogP contribution >= 0.6 is 0 Å². The molecule has 16 heavy (non-hydrogen) atoms. The Bertz CT molecular complexity index is 353. The first-order valence-electron chi connectivity index (χ1n) is 5.44. The summed E-state index contributed by atoms with van der Waals surface area (Å²) in [5.74, 6) is -0.0677. The van der Waals surface area contributed by atoms with Gasteiger partial charge in [0, 0.05) is 25.0 Å². The van der Waals surface area contributed by atoms with Crippen LogP contribution in [0.5, 0.6) is 0 Å². The highest BCUT2D eigenvalue weighted by atomic mass is 32.2. The Labute approximate surface area is 96.9 Å². The second-order valence-electron chi connectivity index (χ2n) is 4.43. The summed E-state index contributed by atoms with van der Waals surface area (Å²) >= 11 is 0. The molecule has 0 bridgehead atoms. The van der Waals surface area contributed by atoms with E-state index in [1.54, 1.807) is 13.8 Å². The first kappa shape index (κ1) is 13.4. The highest BCUT2D eigenvalue weighted by Gasteiger charge is 2.30. The van der Waals surface area contributed by atoms with Crippen LogP contribution in [0.25, 0.3) is 0 Å². The number of hydrogen-bond acceptors (Lipinski definition) is 3. The van der Waals surface area contributed by atoms with Crippen LogP contribution in [0.3, 0.4) is 0 Å². The zero-order valence-corrected chi connectivity index (χ0v) is 10.5. The van der Waals surface area contributed by atoms with Gasteiger partial charge < -0.3 is 5.73 Å². The van der Waals surface area contributed by atoms with E-state index in [0.717, 1.165) is 12.8 Å². The molecule has 4 N–H and O–H groups in total. The van der Waals surface area contributed by atoms with E-state index in [9.17, 15) is 8.42 Å². The first-order valence-corrected chi connectivity index (χ1v) is 6.88. The Kier molecular flexibility index (Phi) is 4.28. The summed E-state index contributed by atoms with van der Waals surface area (Å²) in [4.78, 5) is 0. The number of nitrogens with zero attached hydrogens (tertiary/aromatic N) is 1. The molecule has 1 aliphatic heterocycles. The average Bonchev–Trinajstić information content (AvgIpc) is 2.16. The van der Waals surface area contributed by atoms with E-state index in [1.807, 2.05) is 0 Å². The average molecular weight is 248 g/mol. The molecule has 1 fully saturated rings. The fourth-order valence-corrected chi connectivity index (χ4v) is 3.28. The van der Waals surface area contributed by atoms with Gasteiger partial charge in [0.15, 0.2) is 0 Å². The molecular weight excluding hydrogens is 228 g/mol. The molecule has 0 radical (unpaired) electrons. The van der Waals surface area contributed by atoms with E-state index >= 15 is 0 Å². The van der Waals surface area contributed by atoms with Crippen molar-refractivity contribution in [2.45, 2.75) is 32.7 Å². The van der Waals surface area contributed by atoms with E-state index < -0.39 is 10.2 Å². The first-order chi connectivity index (χ1) is 7.33. The molecule has 1 rings (SSSR count). The van der Waals surface area contributed by atoms with Gasteiger partial charge in [0.05, 0.1) is 5.84 Å². The van der Waals surface area contributed by atoms with E-state index in [1.165, 1.54) is 4.31 Å². The van der Waals surface area contributed by atoms with Gasteiger partial charge in [-0.05, 0) is 26.7 Å². The lowest BCUT2D eigenvalue weighted by atomic mass is 9.99. The molecule has 94 valence electrons. The van der Waals surface area contributed by atoms with Crippen molar-refractivity contribution in [2.75, 3.05) is 13.1 Å². The molecule has 0 amide bonds. The topological polar surface area (TPSA) is 99.3 Å². The lowest BCUT2D eigenvalue weighted by Gasteiger charge is -2.31. The zero-order valence-electron chi connectivity index (χ0n) is 9.73. The minimum atomic E-state index is -3.42. The summed E-state index contributed by atoms with van der Waals surface area (Å²) in [5.41, 5.74) is 5.42. The third-order valence-electron chi connectivity index (χ3n) is 2.55. The van der Waals surface area contributed by atoms with Crippen LogP contribution in [-0.2, 0) is 10.2 Å². The second-order valence-corrected chi connectivity index (χ2v) is 6.13. The van der Waals surface area contributed by atoms with Gasteiger partial charge >= 0.3 is 0 Å². The number of rotatable bonds is 4. The van der Waals surface area contributed by atoms with Crippen molar-refractivity contribution in [3.63, 3.8) is 0 Å². The fourth-order valence-electron chi connectivity index (χ4n) is 1.79. The Hall–Kier alpha value is -0.660.